The van der Waals surface area contributed by atoms with Gasteiger partial charge in [-0.2, -0.15) is 0 Å². The monoisotopic (exact) mass is 345 g/mol. The molecule has 1 aliphatic heterocycles. The van der Waals surface area contributed by atoms with E-state index in [0.29, 0.717) is 13.1 Å². The molecule has 0 aromatic carbocycles. The quantitative estimate of drug-likeness (QED) is 0.807. The molecule has 2 aliphatic rings. The number of alkyl halides is 2. The molecule has 0 spiro atoms. The molecule has 1 aliphatic carbocycles. The van der Waals surface area contributed by atoms with Crippen molar-refractivity contribution < 1.29 is 23.2 Å². The molecule has 1 saturated carbocycles. The Bertz CT molecular complexity index is 503. The molecule has 6 nitrogen and oxygen atoms in total. The first-order valence-electron chi connectivity index (χ1n) is 8.37. The normalized spacial score (nSPS) is 25.1. The molecule has 8 heteroatoms. The summed E-state index contributed by atoms with van der Waals surface area (Å²) in [6, 6.07) is 0. The maximum absolute atomic E-state index is 13.3. The van der Waals surface area contributed by atoms with Crippen molar-refractivity contribution in [1.82, 2.24) is 15.1 Å². The van der Waals surface area contributed by atoms with Gasteiger partial charge in [-0.3, -0.25) is 14.4 Å². The summed E-state index contributed by atoms with van der Waals surface area (Å²) in [6.45, 7) is 2.61. The van der Waals surface area contributed by atoms with Gasteiger partial charge in [-0.15, -0.1) is 0 Å². The van der Waals surface area contributed by atoms with Crippen LogP contribution in [0.3, 0.4) is 0 Å². The Morgan fingerprint density at radius 1 is 1.00 bits per heavy atom. The van der Waals surface area contributed by atoms with Crippen LogP contribution < -0.4 is 5.32 Å². The fraction of sp³-hybridized carbons (Fsp3) is 0.812. The maximum Gasteiger partial charge on any atom is 0.248 e. The van der Waals surface area contributed by atoms with Crippen molar-refractivity contribution in [2.45, 2.75) is 38.5 Å². The summed E-state index contributed by atoms with van der Waals surface area (Å²) < 4.78 is 26.6. The van der Waals surface area contributed by atoms with Crippen molar-refractivity contribution >= 4 is 17.7 Å². The van der Waals surface area contributed by atoms with Gasteiger partial charge in [-0.05, 0) is 12.8 Å². The number of nitrogens with zero attached hydrogens (tertiary/aromatic N) is 2. The molecule has 2 rings (SSSR count). The first-order chi connectivity index (χ1) is 11.2. The van der Waals surface area contributed by atoms with E-state index in [-0.39, 0.29) is 56.5 Å². The lowest BCUT2D eigenvalue weighted by Gasteiger charge is -2.32. The number of carbonyl (C=O) groups excluding carboxylic acids is 3. The smallest absolute Gasteiger partial charge is 0.248 e. The molecule has 1 heterocycles. The fourth-order valence-corrected chi connectivity index (χ4v) is 3.42. The minimum absolute atomic E-state index is 0.143. The van der Waals surface area contributed by atoms with E-state index in [4.69, 9.17) is 0 Å². The fourth-order valence-electron chi connectivity index (χ4n) is 3.42. The van der Waals surface area contributed by atoms with Crippen LogP contribution in [0.5, 0.6) is 0 Å². The van der Waals surface area contributed by atoms with Gasteiger partial charge in [0.05, 0.1) is 5.92 Å². The number of hydrogen-bond acceptors (Lipinski definition) is 3. The molecular weight excluding hydrogens is 320 g/mol. The Labute approximate surface area is 140 Å². The molecule has 136 valence electrons. The number of hydrogen-bond donors (Lipinski definition) is 1. The molecule has 1 N–H and O–H groups in total. The van der Waals surface area contributed by atoms with Crippen LogP contribution in [-0.4, -0.2) is 66.7 Å². The van der Waals surface area contributed by atoms with Crippen molar-refractivity contribution in [2.24, 2.45) is 11.8 Å². The molecule has 0 aromatic rings. The van der Waals surface area contributed by atoms with Crippen molar-refractivity contribution in [3.8, 4) is 0 Å². The van der Waals surface area contributed by atoms with Gasteiger partial charge >= 0.3 is 0 Å². The molecule has 0 bridgehead atoms. The van der Waals surface area contributed by atoms with Gasteiger partial charge in [0.15, 0.2) is 0 Å². The van der Waals surface area contributed by atoms with Gasteiger partial charge in [0.2, 0.25) is 23.6 Å². The second-order valence-electron chi connectivity index (χ2n) is 6.69. The summed E-state index contributed by atoms with van der Waals surface area (Å²) in [4.78, 5) is 39.5. The van der Waals surface area contributed by atoms with E-state index in [1.165, 1.54) is 14.0 Å². The van der Waals surface area contributed by atoms with E-state index in [0.717, 1.165) is 0 Å². The van der Waals surface area contributed by atoms with Crippen LogP contribution in [-0.2, 0) is 14.4 Å². The third kappa shape index (κ3) is 4.42. The van der Waals surface area contributed by atoms with Crippen molar-refractivity contribution in [1.29, 1.82) is 0 Å². The largest absolute Gasteiger partial charge is 0.359 e. The molecule has 0 radical (unpaired) electrons. The summed E-state index contributed by atoms with van der Waals surface area (Å²) in [5.74, 6) is -4.14. The van der Waals surface area contributed by atoms with Crippen molar-refractivity contribution in [3.63, 3.8) is 0 Å². The van der Waals surface area contributed by atoms with Crippen LogP contribution in [0.1, 0.15) is 32.6 Å². The summed E-state index contributed by atoms with van der Waals surface area (Å²) in [7, 11) is 1.51. The van der Waals surface area contributed by atoms with Gasteiger partial charge in [-0.25, -0.2) is 8.78 Å². The van der Waals surface area contributed by atoms with Gasteiger partial charge in [0, 0.05) is 58.9 Å². The number of nitrogens with one attached hydrogen (secondary N) is 1. The zero-order valence-corrected chi connectivity index (χ0v) is 14.2. The molecule has 1 saturated heterocycles. The predicted octanol–water partition coefficient (Wildman–Crippen LogP) is 0.865. The number of halogens is 2. The molecule has 1 atom stereocenters. The van der Waals surface area contributed by atoms with E-state index >= 15 is 0 Å². The molecular formula is C16H25F2N3O3. The van der Waals surface area contributed by atoms with Crippen LogP contribution in [0.4, 0.5) is 8.78 Å². The Hall–Kier alpha value is -1.73. The highest BCUT2D eigenvalue weighted by atomic mass is 19.3. The number of rotatable bonds is 2. The zero-order valence-electron chi connectivity index (χ0n) is 14.2. The molecule has 0 unspecified atom stereocenters. The van der Waals surface area contributed by atoms with Gasteiger partial charge in [0.1, 0.15) is 0 Å². The highest BCUT2D eigenvalue weighted by Crippen LogP contribution is 2.37. The SMILES string of the molecule is CNC(=O)[C@@H]1CN(C(C)=O)CCN(C(=O)C2CCC(F)(F)CC2)C1. The van der Waals surface area contributed by atoms with E-state index in [9.17, 15) is 23.2 Å². The molecule has 2 fully saturated rings. The lowest BCUT2D eigenvalue weighted by atomic mass is 9.85. The third-order valence-corrected chi connectivity index (χ3v) is 4.96. The van der Waals surface area contributed by atoms with Crippen LogP contribution >= 0.6 is 0 Å². The van der Waals surface area contributed by atoms with Crippen LogP contribution in [0.25, 0.3) is 0 Å². The van der Waals surface area contributed by atoms with E-state index < -0.39 is 17.8 Å². The summed E-state index contributed by atoms with van der Waals surface area (Å²) in [5, 5.41) is 2.56. The van der Waals surface area contributed by atoms with E-state index in [1.807, 2.05) is 0 Å². The lowest BCUT2D eigenvalue weighted by molar-refractivity contribution is -0.140. The summed E-state index contributed by atoms with van der Waals surface area (Å²) in [6.07, 6.45) is -0.196. The lowest BCUT2D eigenvalue weighted by Crippen LogP contribution is -2.44. The van der Waals surface area contributed by atoms with Gasteiger partial charge in [0.25, 0.3) is 0 Å². The Morgan fingerprint density at radius 3 is 2.08 bits per heavy atom. The predicted molar refractivity (Wildman–Crippen MR) is 83.3 cm³/mol. The Morgan fingerprint density at radius 2 is 1.54 bits per heavy atom. The average Bonchev–Trinajstić information content (AvgIpc) is 2.76. The highest BCUT2D eigenvalue weighted by molar-refractivity contribution is 5.83. The van der Waals surface area contributed by atoms with Crippen molar-refractivity contribution in [3.05, 3.63) is 0 Å². The summed E-state index contributed by atoms with van der Waals surface area (Å²) in [5.41, 5.74) is 0. The second kappa shape index (κ2) is 7.44. The zero-order chi connectivity index (χ0) is 17.9. The van der Waals surface area contributed by atoms with Crippen molar-refractivity contribution in [2.75, 3.05) is 33.2 Å². The number of carbonyl (C=O) groups is 3. The molecule has 24 heavy (non-hydrogen) atoms. The Balaban J connectivity index is 2.06. The topological polar surface area (TPSA) is 69.7 Å². The molecule has 3 amide bonds. The summed E-state index contributed by atoms with van der Waals surface area (Å²) >= 11 is 0. The van der Waals surface area contributed by atoms with Crippen LogP contribution in [0.2, 0.25) is 0 Å². The van der Waals surface area contributed by atoms with Gasteiger partial charge in [-0.1, -0.05) is 0 Å². The van der Waals surface area contributed by atoms with Crippen LogP contribution in [0, 0.1) is 11.8 Å². The third-order valence-electron chi connectivity index (χ3n) is 4.96. The second-order valence-corrected chi connectivity index (χ2v) is 6.69. The van der Waals surface area contributed by atoms with Gasteiger partial charge < -0.3 is 15.1 Å². The first kappa shape index (κ1) is 18.6. The first-order valence-corrected chi connectivity index (χ1v) is 8.37. The Kier molecular flexibility index (Phi) is 5.77. The van der Waals surface area contributed by atoms with E-state index in [2.05, 4.69) is 5.32 Å². The average molecular weight is 345 g/mol. The highest BCUT2D eigenvalue weighted by Gasteiger charge is 2.40. The maximum atomic E-state index is 13.3. The number of amides is 3. The minimum Gasteiger partial charge on any atom is -0.359 e. The molecule has 0 aromatic heterocycles. The van der Waals surface area contributed by atoms with Crippen LogP contribution in [0.15, 0.2) is 0 Å². The minimum atomic E-state index is -2.67. The van der Waals surface area contributed by atoms with E-state index in [1.54, 1.807) is 9.80 Å². The standard InChI is InChI=1S/C16H25F2N3O3/c1-11(22)20-7-8-21(10-13(9-20)14(23)19-2)15(24)12-3-5-16(17,18)6-4-12/h12-13H,3-10H2,1-2H3,(H,19,23)/t13-/m1/s1.